The SMILES string of the molecule is CC(C)(C)OC(=O)NNC1CCN(c2ccncc2)CC1. The smallest absolute Gasteiger partial charge is 0.422 e. The summed E-state index contributed by atoms with van der Waals surface area (Å²) >= 11 is 0. The normalized spacial score (nSPS) is 16.6. The average Bonchev–Trinajstić information content (AvgIpc) is 2.45. The van der Waals surface area contributed by atoms with Crippen molar-refractivity contribution in [3.63, 3.8) is 0 Å². The van der Waals surface area contributed by atoms with E-state index in [1.165, 1.54) is 5.69 Å². The highest BCUT2D eigenvalue weighted by Crippen LogP contribution is 2.18. The van der Waals surface area contributed by atoms with Crippen LogP contribution in [0.4, 0.5) is 10.5 Å². The van der Waals surface area contributed by atoms with Crippen molar-refractivity contribution < 1.29 is 9.53 Å². The van der Waals surface area contributed by atoms with Gasteiger partial charge in [0, 0.05) is 37.2 Å². The molecule has 0 unspecified atom stereocenters. The lowest BCUT2D eigenvalue weighted by molar-refractivity contribution is 0.0484. The second-order valence-electron chi connectivity index (χ2n) is 6.24. The number of nitrogens with one attached hydrogen (secondary N) is 2. The number of amides is 1. The zero-order valence-corrected chi connectivity index (χ0v) is 12.9. The molecule has 2 rings (SSSR count). The summed E-state index contributed by atoms with van der Waals surface area (Å²) in [5, 5.41) is 0. The van der Waals surface area contributed by atoms with Crippen molar-refractivity contribution >= 4 is 11.8 Å². The van der Waals surface area contributed by atoms with Gasteiger partial charge in [-0.3, -0.25) is 10.4 Å². The fourth-order valence-corrected chi connectivity index (χ4v) is 2.30. The van der Waals surface area contributed by atoms with Crippen LogP contribution in [0, 0.1) is 0 Å². The van der Waals surface area contributed by atoms with E-state index in [2.05, 4.69) is 20.7 Å². The lowest BCUT2D eigenvalue weighted by Crippen LogP contribution is -2.50. The Bertz CT molecular complexity index is 450. The van der Waals surface area contributed by atoms with Gasteiger partial charge in [0.2, 0.25) is 0 Å². The van der Waals surface area contributed by atoms with Crippen molar-refractivity contribution in [2.45, 2.75) is 45.3 Å². The third-order valence-corrected chi connectivity index (χ3v) is 3.30. The average molecular weight is 292 g/mol. The first-order valence-corrected chi connectivity index (χ1v) is 7.33. The molecular formula is C15H24N4O2. The third kappa shape index (κ3) is 5.23. The summed E-state index contributed by atoms with van der Waals surface area (Å²) in [4.78, 5) is 17.9. The molecule has 0 aromatic carbocycles. The van der Waals surface area contributed by atoms with Crippen LogP contribution in [-0.2, 0) is 4.74 Å². The first-order chi connectivity index (χ1) is 9.94. The zero-order valence-electron chi connectivity index (χ0n) is 12.9. The van der Waals surface area contributed by atoms with Gasteiger partial charge in [-0.2, -0.15) is 0 Å². The van der Waals surface area contributed by atoms with Gasteiger partial charge in [0.1, 0.15) is 5.60 Å². The van der Waals surface area contributed by atoms with Crippen LogP contribution in [0.5, 0.6) is 0 Å². The molecule has 1 aromatic heterocycles. The number of hydrazine groups is 1. The highest BCUT2D eigenvalue weighted by molar-refractivity contribution is 5.67. The maximum absolute atomic E-state index is 11.6. The Morgan fingerprint density at radius 3 is 2.48 bits per heavy atom. The number of piperidine rings is 1. The largest absolute Gasteiger partial charge is 0.443 e. The molecule has 1 aliphatic rings. The molecule has 1 amide bonds. The first kappa shape index (κ1) is 15.6. The molecule has 116 valence electrons. The summed E-state index contributed by atoms with van der Waals surface area (Å²) in [6.45, 7) is 7.45. The third-order valence-electron chi connectivity index (χ3n) is 3.30. The maximum Gasteiger partial charge on any atom is 0.422 e. The standard InChI is InChI=1S/C15H24N4O2/c1-15(2,3)21-14(20)18-17-12-6-10-19(11-7-12)13-4-8-16-9-5-13/h4-5,8-9,12,17H,6-7,10-11H2,1-3H3,(H,18,20). The minimum atomic E-state index is -0.476. The summed E-state index contributed by atoms with van der Waals surface area (Å²) in [5.74, 6) is 0. The van der Waals surface area contributed by atoms with Gasteiger partial charge in [0.15, 0.2) is 0 Å². The lowest BCUT2D eigenvalue weighted by Gasteiger charge is -2.34. The predicted molar refractivity (Wildman–Crippen MR) is 82.0 cm³/mol. The summed E-state index contributed by atoms with van der Waals surface area (Å²) in [6, 6.07) is 4.31. The molecule has 0 atom stereocenters. The quantitative estimate of drug-likeness (QED) is 0.835. The molecule has 0 saturated carbocycles. The van der Waals surface area contributed by atoms with E-state index < -0.39 is 11.7 Å². The van der Waals surface area contributed by atoms with Crippen LogP contribution < -0.4 is 15.8 Å². The molecule has 1 aliphatic heterocycles. The molecule has 21 heavy (non-hydrogen) atoms. The fraction of sp³-hybridized carbons (Fsp3) is 0.600. The van der Waals surface area contributed by atoms with E-state index in [1.807, 2.05) is 45.3 Å². The second kappa shape index (κ2) is 6.76. The number of ether oxygens (including phenoxy) is 1. The fourth-order valence-electron chi connectivity index (χ4n) is 2.30. The molecule has 0 spiro atoms. The topological polar surface area (TPSA) is 66.5 Å². The Morgan fingerprint density at radius 2 is 1.90 bits per heavy atom. The van der Waals surface area contributed by atoms with Crippen molar-refractivity contribution in [2.75, 3.05) is 18.0 Å². The Balaban J connectivity index is 1.71. The van der Waals surface area contributed by atoms with E-state index in [9.17, 15) is 4.79 Å². The molecule has 1 aromatic rings. The van der Waals surface area contributed by atoms with Crippen LogP contribution >= 0.6 is 0 Å². The number of pyridine rings is 1. The predicted octanol–water partition coefficient (Wildman–Crippen LogP) is 2.08. The van der Waals surface area contributed by atoms with E-state index >= 15 is 0 Å². The van der Waals surface area contributed by atoms with Gasteiger partial charge in [-0.05, 0) is 45.7 Å². The van der Waals surface area contributed by atoms with Gasteiger partial charge in [-0.1, -0.05) is 0 Å². The molecule has 1 fully saturated rings. The summed E-state index contributed by atoms with van der Waals surface area (Å²) in [7, 11) is 0. The molecule has 6 nitrogen and oxygen atoms in total. The van der Waals surface area contributed by atoms with Crippen molar-refractivity contribution in [1.29, 1.82) is 0 Å². The van der Waals surface area contributed by atoms with E-state index in [0.29, 0.717) is 0 Å². The van der Waals surface area contributed by atoms with Crippen LogP contribution in [-0.4, -0.2) is 35.8 Å². The Morgan fingerprint density at radius 1 is 1.29 bits per heavy atom. The lowest BCUT2D eigenvalue weighted by atomic mass is 10.1. The number of aromatic nitrogens is 1. The van der Waals surface area contributed by atoms with Crippen LogP contribution in [0.2, 0.25) is 0 Å². The zero-order chi connectivity index (χ0) is 15.3. The number of anilines is 1. The molecular weight excluding hydrogens is 268 g/mol. The van der Waals surface area contributed by atoms with Gasteiger partial charge in [0.25, 0.3) is 0 Å². The Labute approximate surface area is 125 Å². The van der Waals surface area contributed by atoms with Crippen molar-refractivity contribution in [2.24, 2.45) is 0 Å². The van der Waals surface area contributed by atoms with Gasteiger partial charge in [-0.25, -0.2) is 10.2 Å². The molecule has 0 bridgehead atoms. The highest BCUT2D eigenvalue weighted by atomic mass is 16.6. The van der Waals surface area contributed by atoms with Gasteiger partial charge in [0.05, 0.1) is 0 Å². The monoisotopic (exact) mass is 292 g/mol. The first-order valence-electron chi connectivity index (χ1n) is 7.33. The van der Waals surface area contributed by atoms with E-state index in [0.717, 1.165) is 25.9 Å². The summed E-state index contributed by atoms with van der Waals surface area (Å²) in [5.41, 5.74) is 6.40. The minimum Gasteiger partial charge on any atom is -0.443 e. The van der Waals surface area contributed by atoms with E-state index in [1.54, 1.807) is 0 Å². The number of hydrogen-bond donors (Lipinski definition) is 2. The van der Waals surface area contributed by atoms with E-state index in [-0.39, 0.29) is 6.04 Å². The number of nitrogens with zero attached hydrogens (tertiary/aromatic N) is 2. The number of carbonyl (C=O) groups excluding carboxylic acids is 1. The Kier molecular flexibility index (Phi) is 5.01. The van der Waals surface area contributed by atoms with Crippen molar-refractivity contribution in [1.82, 2.24) is 15.8 Å². The number of rotatable bonds is 3. The van der Waals surface area contributed by atoms with Crippen molar-refractivity contribution in [3.8, 4) is 0 Å². The number of hydrogen-bond acceptors (Lipinski definition) is 5. The molecule has 0 aliphatic carbocycles. The maximum atomic E-state index is 11.6. The van der Waals surface area contributed by atoms with Gasteiger partial charge in [-0.15, -0.1) is 0 Å². The molecule has 2 N–H and O–H groups in total. The van der Waals surface area contributed by atoms with Gasteiger partial charge >= 0.3 is 6.09 Å². The molecule has 6 heteroatoms. The van der Waals surface area contributed by atoms with E-state index in [4.69, 9.17) is 4.74 Å². The second-order valence-corrected chi connectivity index (χ2v) is 6.24. The number of carbonyl (C=O) groups is 1. The van der Waals surface area contributed by atoms with Crippen LogP contribution in [0.3, 0.4) is 0 Å². The molecule has 2 heterocycles. The molecule has 0 radical (unpaired) electrons. The summed E-state index contributed by atoms with van der Waals surface area (Å²) < 4.78 is 5.19. The summed E-state index contributed by atoms with van der Waals surface area (Å²) in [6.07, 6.45) is 5.13. The molecule has 1 saturated heterocycles. The minimum absolute atomic E-state index is 0.274. The van der Waals surface area contributed by atoms with Crippen molar-refractivity contribution in [3.05, 3.63) is 24.5 Å². The Hall–Kier alpha value is -1.82. The van der Waals surface area contributed by atoms with Crippen LogP contribution in [0.25, 0.3) is 0 Å². The van der Waals surface area contributed by atoms with Crippen LogP contribution in [0.15, 0.2) is 24.5 Å². The van der Waals surface area contributed by atoms with Gasteiger partial charge < -0.3 is 9.64 Å². The highest BCUT2D eigenvalue weighted by Gasteiger charge is 2.21. The van der Waals surface area contributed by atoms with Crippen LogP contribution in [0.1, 0.15) is 33.6 Å².